The lowest BCUT2D eigenvalue weighted by atomic mass is 9.99. The second-order valence-corrected chi connectivity index (χ2v) is 9.45. The van der Waals surface area contributed by atoms with Gasteiger partial charge in [-0.1, -0.05) is 35.3 Å². The molecule has 0 saturated carbocycles. The molecule has 134 valence electrons. The van der Waals surface area contributed by atoms with Gasteiger partial charge in [0, 0.05) is 12.4 Å². The molecule has 1 aromatic carbocycles. The van der Waals surface area contributed by atoms with Gasteiger partial charge in [0.25, 0.3) is 0 Å². The summed E-state index contributed by atoms with van der Waals surface area (Å²) in [6, 6.07) is 9.42. The Kier molecular flexibility index (Phi) is 6.00. The van der Waals surface area contributed by atoms with Crippen molar-refractivity contribution >= 4 is 33.0 Å². The average Bonchev–Trinajstić information content (AvgIpc) is 2.94. The van der Waals surface area contributed by atoms with Crippen LogP contribution in [0.2, 0.25) is 10.0 Å². The highest BCUT2D eigenvalue weighted by Gasteiger charge is 2.27. The second-order valence-electron chi connectivity index (χ2n) is 6.40. The standard InChI is InChI=1S/C18H20Cl2N2O2S/c19-16-4-3-14(10-17(16)20)18(15-2-1-7-21-11-15)22-8-5-13-6-9-25(23,24)12-13/h1-4,7,10-11,13,18,22H,5-6,8-9,12H2. The number of halogens is 2. The Morgan fingerprint density at radius 3 is 2.68 bits per heavy atom. The molecule has 2 heterocycles. The normalized spacial score (nSPS) is 20.5. The molecule has 2 unspecified atom stereocenters. The highest BCUT2D eigenvalue weighted by Crippen LogP contribution is 2.29. The van der Waals surface area contributed by atoms with Crippen molar-refractivity contribution in [3.8, 4) is 0 Å². The zero-order chi connectivity index (χ0) is 17.9. The van der Waals surface area contributed by atoms with Crippen molar-refractivity contribution in [3.05, 3.63) is 63.9 Å². The Hall–Kier alpha value is -1.14. The molecule has 2 atom stereocenters. The third-order valence-electron chi connectivity index (χ3n) is 4.52. The van der Waals surface area contributed by atoms with Gasteiger partial charge in [-0.2, -0.15) is 0 Å². The summed E-state index contributed by atoms with van der Waals surface area (Å²) in [5.74, 6) is 0.857. The lowest BCUT2D eigenvalue weighted by molar-refractivity contribution is 0.488. The monoisotopic (exact) mass is 398 g/mol. The van der Waals surface area contributed by atoms with Gasteiger partial charge in [-0.15, -0.1) is 0 Å². The Balaban J connectivity index is 1.72. The van der Waals surface area contributed by atoms with E-state index in [1.54, 1.807) is 12.3 Å². The van der Waals surface area contributed by atoms with E-state index in [0.717, 1.165) is 30.5 Å². The lowest BCUT2D eigenvalue weighted by Gasteiger charge is -2.21. The highest BCUT2D eigenvalue weighted by atomic mass is 35.5. The van der Waals surface area contributed by atoms with E-state index in [4.69, 9.17) is 23.2 Å². The zero-order valence-corrected chi connectivity index (χ0v) is 16.0. The van der Waals surface area contributed by atoms with Gasteiger partial charge in [-0.3, -0.25) is 4.98 Å². The van der Waals surface area contributed by atoms with Crippen molar-refractivity contribution in [2.45, 2.75) is 18.9 Å². The Morgan fingerprint density at radius 2 is 2.04 bits per heavy atom. The minimum absolute atomic E-state index is 0.0681. The number of rotatable bonds is 6. The Morgan fingerprint density at radius 1 is 1.20 bits per heavy atom. The van der Waals surface area contributed by atoms with E-state index in [-0.39, 0.29) is 12.0 Å². The quantitative estimate of drug-likeness (QED) is 0.801. The third kappa shape index (κ3) is 4.94. The van der Waals surface area contributed by atoms with Crippen LogP contribution in [-0.4, -0.2) is 31.5 Å². The SMILES string of the molecule is O=S1(=O)CCC(CCNC(c2cccnc2)c2ccc(Cl)c(Cl)c2)C1. The van der Waals surface area contributed by atoms with Crippen molar-refractivity contribution in [2.75, 3.05) is 18.1 Å². The molecular weight excluding hydrogens is 379 g/mol. The molecule has 1 saturated heterocycles. The molecule has 0 amide bonds. The molecule has 0 radical (unpaired) electrons. The third-order valence-corrected chi connectivity index (χ3v) is 7.10. The van der Waals surface area contributed by atoms with Crippen LogP contribution in [0, 0.1) is 5.92 Å². The van der Waals surface area contributed by atoms with E-state index in [1.165, 1.54) is 0 Å². The summed E-state index contributed by atoms with van der Waals surface area (Å²) in [4.78, 5) is 4.20. The zero-order valence-electron chi connectivity index (χ0n) is 13.7. The number of nitrogens with zero attached hydrogens (tertiary/aromatic N) is 1. The van der Waals surface area contributed by atoms with E-state index in [0.29, 0.717) is 21.6 Å². The van der Waals surface area contributed by atoms with Crippen LogP contribution in [0.25, 0.3) is 0 Å². The van der Waals surface area contributed by atoms with Crippen LogP contribution in [0.5, 0.6) is 0 Å². The maximum atomic E-state index is 11.6. The lowest BCUT2D eigenvalue weighted by Crippen LogP contribution is -2.25. The van der Waals surface area contributed by atoms with Gasteiger partial charge >= 0.3 is 0 Å². The molecule has 7 heteroatoms. The molecule has 2 aromatic rings. The fraction of sp³-hybridized carbons (Fsp3) is 0.389. The van der Waals surface area contributed by atoms with Crippen LogP contribution >= 0.6 is 23.2 Å². The highest BCUT2D eigenvalue weighted by molar-refractivity contribution is 7.91. The molecule has 0 aliphatic carbocycles. The maximum absolute atomic E-state index is 11.6. The van der Waals surface area contributed by atoms with Crippen LogP contribution in [0.15, 0.2) is 42.7 Å². The van der Waals surface area contributed by atoms with Crippen molar-refractivity contribution < 1.29 is 8.42 Å². The summed E-state index contributed by atoms with van der Waals surface area (Å²) in [5, 5.41) is 4.55. The van der Waals surface area contributed by atoms with Gasteiger partial charge in [0.15, 0.2) is 9.84 Å². The molecule has 25 heavy (non-hydrogen) atoms. The number of hydrogen-bond donors (Lipinski definition) is 1. The van der Waals surface area contributed by atoms with Crippen LogP contribution in [0.3, 0.4) is 0 Å². The van der Waals surface area contributed by atoms with E-state index < -0.39 is 9.84 Å². The van der Waals surface area contributed by atoms with E-state index in [9.17, 15) is 8.42 Å². The number of benzene rings is 1. The van der Waals surface area contributed by atoms with Crippen LogP contribution in [0.4, 0.5) is 0 Å². The molecule has 1 aliphatic heterocycles. The van der Waals surface area contributed by atoms with Gasteiger partial charge in [-0.05, 0) is 54.6 Å². The molecule has 0 bridgehead atoms. The van der Waals surface area contributed by atoms with Crippen LogP contribution < -0.4 is 5.32 Å². The topological polar surface area (TPSA) is 59.1 Å². The van der Waals surface area contributed by atoms with Gasteiger partial charge in [-0.25, -0.2) is 8.42 Å². The summed E-state index contributed by atoms with van der Waals surface area (Å²) in [5.41, 5.74) is 2.03. The molecule has 1 N–H and O–H groups in total. The predicted molar refractivity (Wildman–Crippen MR) is 102 cm³/mol. The molecule has 1 aliphatic rings. The molecule has 1 aromatic heterocycles. The summed E-state index contributed by atoms with van der Waals surface area (Å²) in [6.07, 6.45) is 5.14. The predicted octanol–water partition coefficient (Wildman–Crippen LogP) is 3.89. The first-order valence-electron chi connectivity index (χ1n) is 8.23. The van der Waals surface area contributed by atoms with Gasteiger partial charge in [0.1, 0.15) is 0 Å². The molecule has 4 nitrogen and oxygen atoms in total. The number of pyridine rings is 1. The molecule has 3 rings (SSSR count). The first kappa shape index (κ1) is 18.6. The number of aromatic nitrogens is 1. The van der Waals surface area contributed by atoms with Crippen LogP contribution in [0.1, 0.15) is 30.0 Å². The smallest absolute Gasteiger partial charge is 0.150 e. The minimum Gasteiger partial charge on any atom is -0.306 e. The first-order chi connectivity index (χ1) is 11.9. The Bertz CT molecular complexity index is 828. The van der Waals surface area contributed by atoms with E-state index in [1.807, 2.05) is 30.5 Å². The summed E-state index contributed by atoms with van der Waals surface area (Å²) < 4.78 is 23.2. The summed E-state index contributed by atoms with van der Waals surface area (Å²) >= 11 is 12.2. The fourth-order valence-electron chi connectivity index (χ4n) is 3.20. The molecule has 1 fully saturated rings. The van der Waals surface area contributed by atoms with E-state index >= 15 is 0 Å². The average molecular weight is 399 g/mol. The summed E-state index contributed by atoms with van der Waals surface area (Å²) in [7, 11) is -2.83. The number of sulfone groups is 1. The van der Waals surface area contributed by atoms with Crippen molar-refractivity contribution in [2.24, 2.45) is 5.92 Å². The van der Waals surface area contributed by atoms with Gasteiger partial charge < -0.3 is 5.32 Å². The molecular formula is C18H20Cl2N2O2S. The van der Waals surface area contributed by atoms with Crippen LogP contribution in [-0.2, 0) is 9.84 Å². The second kappa shape index (κ2) is 8.04. The van der Waals surface area contributed by atoms with Gasteiger partial charge in [0.05, 0.1) is 27.6 Å². The number of nitrogens with one attached hydrogen (secondary N) is 1. The number of hydrogen-bond acceptors (Lipinski definition) is 4. The first-order valence-corrected chi connectivity index (χ1v) is 10.8. The summed E-state index contributed by atoms with van der Waals surface area (Å²) in [6.45, 7) is 0.722. The van der Waals surface area contributed by atoms with Crippen molar-refractivity contribution in [1.29, 1.82) is 0 Å². The minimum atomic E-state index is -2.83. The fourth-order valence-corrected chi connectivity index (χ4v) is 5.42. The van der Waals surface area contributed by atoms with Crippen molar-refractivity contribution in [3.63, 3.8) is 0 Å². The molecule has 0 spiro atoms. The largest absolute Gasteiger partial charge is 0.306 e. The maximum Gasteiger partial charge on any atom is 0.150 e. The van der Waals surface area contributed by atoms with Gasteiger partial charge in [0.2, 0.25) is 0 Å². The van der Waals surface area contributed by atoms with Crippen molar-refractivity contribution in [1.82, 2.24) is 10.3 Å². The van der Waals surface area contributed by atoms with E-state index in [2.05, 4.69) is 10.3 Å². The Labute approximate surface area is 158 Å².